The highest BCUT2D eigenvalue weighted by Gasteiger charge is 2.11. The zero-order valence-electron chi connectivity index (χ0n) is 11.3. The molecule has 0 unspecified atom stereocenters. The number of aryl methyl sites for hydroxylation is 1. The number of hydrogen-bond donors (Lipinski definition) is 1. The van der Waals surface area contributed by atoms with Crippen molar-refractivity contribution in [1.82, 2.24) is 0 Å². The molecular formula is C15H15ClN2O2. The molecule has 0 spiro atoms. The Balaban J connectivity index is 2.17. The predicted molar refractivity (Wildman–Crippen MR) is 81.3 cm³/mol. The van der Waals surface area contributed by atoms with Gasteiger partial charge in [0.25, 0.3) is 5.69 Å². The molecule has 0 amide bonds. The first kappa shape index (κ1) is 14.3. The second kappa shape index (κ2) is 5.92. The van der Waals surface area contributed by atoms with E-state index in [1.54, 1.807) is 19.1 Å². The first-order chi connectivity index (χ1) is 9.49. The lowest BCUT2D eigenvalue weighted by Crippen LogP contribution is -2.02. The van der Waals surface area contributed by atoms with E-state index in [0.717, 1.165) is 16.8 Å². The van der Waals surface area contributed by atoms with Crippen molar-refractivity contribution in [2.45, 2.75) is 20.4 Å². The van der Waals surface area contributed by atoms with Crippen LogP contribution < -0.4 is 5.32 Å². The minimum absolute atomic E-state index is 0.145. The molecule has 2 aromatic rings. The van der Waals surface area contributed by atoms with Gasteiger partial charge in [0.15, 0.2) is 0 Å². The number of benzene rings is 2. The Morgan fingerprint density at radius 3 is 2.70 bits per heavy atom. The van der Waals surface area contributed by atoms with Gasteiger partial charge < -0.3 is 5.32 Å². The number of hydrogen-bond acceptors (Lipinski definition) is 3. The minimum atomic E-state index is -0.358. The summed E-state index contributed by atoms with van der Waals surface area (Å²) in [5.41, 5.74) is 3.57. The summed E-state index contributed by atoms with van der Waals surface area (Å²) in [6.45, 7) is 4.18. The minimum Gasteiger partial charge on any atom is -0.381 e. The van der Waals surface area contributed by atoms with Crippen LogP contribution in [-0.4, -0.2) is 4.92 Å². The van der Waals surface area contributed by atoms with Gasteiger partial charge in [-0.25, -0.2) is 0 Å². The predicted octanol–water partition coefficient (Wildman–Crippen LogP) is 4.48. The molecule has 0 aliphatic heterocycles. The van der Waals surface area contributed by atoms with Crippen LogP contribution in [0.1, 0.15) is 16.7 Å². The van der Waals surface area contributed by atoms with Crippen LogP contribution in [0.15, 0.2) is 36.4 Å². The number of nitro benzene ring substituents is 1. The van der Waals surface area contributed by atoms with E-state index in [0.29, 0.717) is 17.1 Å². The normalized spacial score (nSPS) is 10.3. The summed E-state index contributed by atoms with van der Waals surface area (Å²) in [4.78, 5) is 10.6. The van der Waals surface area contributed by atoms with Gasteiger partial charge in [-0.15, -0.1) is 0 Å². The van der Waals surface area contributed by atoms with Crippen molar-refractivity contribution in [1.29, 1.82) is 0 Å². The van der Waals surface area contributed by atoms with Gasteiger partial charge >= 0.3 is 0 Å². The van der Waals surface area contributed by atoms with Crippen LogP contribution in [-0.2, 0) is 6.54 Å². The molecule has 20 heavy (non-hydrogen) atoms. The maximum absolute atomic E-state index is 10.9. The van der Waals surface area contributed by atoms with E-state index in [4.69, 9.17) is 11.6 Å². The van der Waals surface area contributed by atoms with Crippen molar-refractivity contribution >= 4 is 23.0 Å². The Kier molecular flexibility index (Phi) is 4.25. The smallest absolute Gasteiger partial charge is 0.272 e. The van der Waals surface area contributed by atoms with Gasteiger partial charge in [0.1, 0.15) is 0 Å². The molecule has 0 fully saturated rings. The summed E-state index contributed by atoms with van der Waals surface area (Å²) in [7, 11) is 0. The molecule has 2 aromatic carbocycles. The summed E-state index contributed by atoms with van der Waals surface area (Å²) in [6, 6.07) is 10.9. The molecule has 0 radical (unpaired) electrons. The number of nitrogens with zero attached hydrogens (tertiary/aromatic N) is 1. The fourth-order valence-electron chi connectivity index (χ4n) is 1.96. The van der Waals surface area contributed by atoms with Gasteiger partial charge in [0, 0.05) is 28.9 Å². The second-order valence-corrected chi connectivity index (χ2v) is 5.05. The van der Waals surface area contributed by atoms with Crippen molar-refractivity contribution in [2.24, 2.45) is 0 Å². The molecule has 0 saturated carbocycles. The van der Waals surface area contributed by atoms with Crippen molar-refractivity contribution in [2.75, 3.05) is 5.32 Å². The Morgan fingerprint density at radius 1 is 1.25 bits per heavy atom. The Labute approximate surface area is 122 Å². The van der Waals surface area contributed by atoms with Crippen LogP contribution in [0.25, 0.3) is 0 Å². The molecule has 4 nitrogen and oxygen atoms in total. The van der Waals surface area contributed by atoms with Crippen LogP contribution in [0, 0.1) is 24.0 Å². The van der Waals surface area contributed by atoms with Crippen LogP contribution in [0.5, 0.6) is 0 Å². The third kappa shape index (κ3) is 3.08. The van der Waals surface area contributed by atoms with Crippen LogP contribution in [0.3, 0.4) is 0 Å². The summed E-state index contributed by atoms with van der Waals surface area (Å²) < 4.78 is 0. The summed E-state index contributed by atoms with van der Waals surface area (Å²) in [5, 5.41) is 14.9. The SMILES string of the molecule is Cc1ccc(CNc2cccc(Cl)c2C)cc1[N+](=O)[O-]. The second-order valence-electron chi connectivity index (χ2n) is 4.64. The molecule has 0 aromatic heterocycles. The van der Waals surface area contributed by atoms with Gasteiger partial charge in [-0.05, 0) is 37.1 Å². The standard InChI is InChI=1S/C15H15ClN2O2/c1-10-6-7-12(8-15(10)18(19)20)9-17-14-5-3-4-13(16)11(14)2/h3-8,17H,9H2,1-2H3. The molecule has 1 N–H and O–H groups in total. The van der Waals surface area contributed by atoms with Crippen molar-refractivity contribution in [3.05, 3.63) is 68.2 Å². The molecule has 0 saturated heterocycles. The van der Waals surface area contributed by atoms with Gasteiger partial charge in [0.05, 0.1) is 4.92 Å². The van der Waals surface area contributed by atoms with E-state index in [1.165, 1.54) is 0 Å². The van der Waals surface area contributed by atoms with Crippen molar-refractivity contribution in [3.63, 3.8) is 0 Å². The first-order valence-electron chi connectivity index (χ1n) is 6.22. The molecule has 0 heterocycles. The molecule has 0 bridgehead atoms. The Morgan fingerprint density at radius 2 is 2.00 bits per heavy atom. The topological polar surface area (TPSA) is 55.2 Å². The zero-order valence-corrected chi connectivity index (χ0v) is 12.1. The average molecular weight is 291 g/mol. The monoisotopic (exact) mass is 290 g/mol. The number of nitrogens with one attached hydrogen (secondary N) is 1. The lowest BCUT2D eigenvalue weighted by molar-refractivity contribution is -0.385. The summed E-state index contributed by atoms with van der Waals surface area (Å²) in [5.74, 6) is 0. The third-order valence-electron chi connectivity index (χ3n) is 3.22. The number of nitro groups is 1. The Hall–Kier alpha value is -2.07. The van der Waals surface area contributed by atoms with Crippen molar-refractivity contribution < 1.29 is 4.92 Å². The third-order valence-corrected chi connectivity index (χ3v) is 3.63. The van der Waals surface area contributed by atoms with E-state index < -0.39 is 0 Å². The van der Waals surface area contributed by atoms with Crippen LogP contribution in [0.4, 0.5) is 11.4 Å². The highest BCUT2D eigenvalue weighted by atomic mass is 35.5. The van der Waals surface area contributed by atoms with Gasteiger partial charge in [-0.3, -0.25) is 10.1 Å². The van der Waals surface area contributed by atoms with E-state index in [2.05, 4.69) is 5.32 Å². The van der Waals surface area contributed by atoms with Crippen LogP contribution in [0.2, 0.25) is 5.02 Å². The quantitative estimate of drug-likeness (QED) is 0.667. The molecule has 0 aliphatic carbocycles. The first-order valence-corrected chi connectivity index (χ1v) is 6.59. The van der Waals surface area contributed by atoms with E-state index in [1.807, 2.05) is 31.2 Å². The maximum Gasteiger partial charge on any atom is 0.272 e. The molecule has 2 rings (SSSR count). The summed E-state index contributed by atoms with van der Waals surface area (Å²) >= 11 is 6.05. The number of anilines is 1. The molecule has 5 heteroatoms. The molecule has 0 aliphatic rings. The number of rotatable bonds is 4. The average Bonchev–Trinajstić information content (AvgIpc) is 2.41. The highest BCUT2D eigenvalue weighted by molar-refractivity contribution is 6.31. The lowest BCUT2D eigenvalue weighted by atomic mass is 10.1. The van der Waals surface area contributed by atoms with Gasteiger partial charge in [0.2, 0.25) is 0 Å². The fourth-order valence-corrected chi connectivity index (χ4v) is 2.13. The maximum atomic E-state index is 10.9. The summed E-state index contributed by atoms with van der Waals surface area (Å²) in [6.07, 6.45) is 0. The molecule has 104 valence electrons. The van der Waals surface area contributed by atoms with E-state index in [-0.39, 0.29) is 10.6 Å². The fraction of sp³-hybridized carbons (Fsp3) is 0.200. The highest BCUT2D eigenvalue weighted by Crippen LogP contribution is 2.24. The lowest BCUT2D eigenvalue weighted by Gasteiger charge is -2.11. The molecule has 0 atom stereocenters. The van der Waals surface area contributed by atoms with E-state index >= 15 is 0 Å². The molecular weight excluding hydrogens is 276 g/mol. The zero-order chi connectivity index (χ0) is 14.7. The van der Waals surface area contributed by atoms with Crippen LogP contribution >= 0.6 is 11.6 Å². The van der Waals surface area contributed by atoms with Gasteiger partial charge in [-0.2, -0.15) is 0 Å². The Bertz CT molecular complexity index is 656. The van der Waals surface area contributed by atoms with Crippen molar-refractivity contribution in [3.8, 4) is 0 Å². The van der Waals surface area contributed by atoms with Gasteiger partial charge in [-0.1, -0.05) is 29.8 Å². The largest absolute Gasteiger partial charge is 0.381 e. The van der Waals surface area contributed by atoms with E-state index in [9.17, 15) is 10.1 Å². The number of halogens is 1.